The van der Waals surface area contributed by atoms with E-state index in [1.165, 1.54) is 19.3 Å². The number of nitrogens with two attached hydrogens (primary N) is 1. The molecule has 1 heterocycles. The molecule has 0 radical (unpaired) electrons. The zero-order valence-electron chi connectivity index (χ0n) is 15.3. The first kappa shape index (κ1) is 18.8. The van der Waals surface area contributed by atoms with Crippen molar-refractivity contribution in [2.75, 3.05) is 50.1 Å². The fourth-order valence-corrected chi connectivity index (χ4v) is 3.44. The summed E-state index contributed by atoms with van der Waals surface area (Å²) in [4.78, 5) is 28.2. The summed E-state index contributed by atoms with van der Waals surface area (Å²) in [6, 6.07) is 6.98. The van der Waals surface area contributed by atoms with Gasteiger partial charge in [0.2, 0.25) is 5.91 Å². The largest absolute Gasteiger partial charge is 0.370 e. The molecule has 3 N–H and O–H groups in total. The number of rotatable bonds is 7. The molecule has 2 fully saturated rings. The van der Waals surface area contributed by atoms with Gasteiger partial charge < -0.3 is 20.7 Å². The van der Waals surface area contributed by atoms with E-state index < -0.39 is 0 Å². The topological polar surface area (TPSA) is 87.9 Å². The Kier molecular flexibility index (Phi) is 6.24. The van der Waals surface area contributed by atoms with E-state index in [-0.39, 0.29) is 31.0 Å². The predicted octanol–water partition coefficient (Wildman–Crippen LogP) is 1.05. The van der Waals surface area contributed by atoms with Crippen LogP contribution in [0.2, 0.25) is 0 Å². The first-order valence-electron chi connectivity index (χ1n) is 9.28. The average molecular weight is 360 g/mol. The van der Waals surface area contributed by atoms with Gasteiger partial charge in [-0.05, 0) is 50.1 Å². The minimum Gasteiger partial charge on any atom is -0.370 e. The van der Waals surface area contributed by atoms with Crippen molar-refractivity contribution < 1.29 is 14.3 Å². The Labute approximate surface area is 154 Å². The summed E-state index contributed by atoms with van der Waals surface area (Å²) in [7, 11) is 1.96. The standard InChI is InChI=1S/C19H28N4O3/c1-22(12-14-3-2-4-14)17(11-20)19(25)21-15-5-7-16(8-6-15)23-9-10-26-13-18(23)24/h5-8,14,17H,2-4,9-13,20H2,1H3,(H,21,25)/t17-/m1/s1. The third-order valence-electron chi connectivity index (χ3n) is 5.26. The van der Waals surface area contributed by atoms with Gasteiger partial charge in [0.1, 0.15) is 12.6 Å². The maximum Gasteiger partial charge on any atom is 0.253 e. The van der Waals surface area contributed by atoms with Gasteiger partial charge in [0.15, 0.2) is 0 Å². The number of anilines is 2. The molecule has 0 unspecified atom stereocenters. The highest BCUT2D eigenvalue weighted by molar-refractivity contribution is 5.97. The molecule has 142 valence electrons. The molecular formula is C19H28N4O3. The van der Waals surface area contributed by atoms with Crippen LogP contribution in [0.3, 0.4) is 0 Å². The number of morpholine rings is 1. The maximum absolute atomic E-state index is 12.6. The maximum atomic E-state index is 12.6. The molecule has 1 aliphatic carbocycles. The Balaban J connectivity index is 1.58. The van der Waals surface area contributed by atoms with E-state index in [4.69, 9.17) is 10.5 Å². The number of hydrogen-bond acceptors (Lipinski definition) is 5. The van der Waals surface area contributed by atoms with Crippen LogP contribution in [-0.2, 0) is 14.3 Å². The molecule has 0 bridgehead atoms. The lowest BCUT2D eigenvalue weighted by molar-refractivity contribution is -0.125. The van der Waals surface area contributed by atoms with Crippen LogP contribution in [0.25, 0.3) is 0 Å². The van der Waals surface area contributed by atoms with Gasteiger partial charge in [-0.15, -0.1) is 0 Å². The lowest BCUT2D eigenvalue weighted by atomic mass is 9.85. The monoisotopic (exact) mass is 360 g/mol. The molecule has 3 rings (SSSR count). The molecule has 2 aliphatic rings. The van der Waals surface area contributed by atoms with Gasteiger partial charge in [-0.2, -0.15) is 0 Å². The second kappa shape index (κ2) is 8.62. The minimum atomic E-state index is -0.337. The van der Waals surface area contributed by atoms with Gasteiger partial charge in [0, 0.05) is 31.0 Å². The van der Waals surface area contributed by atoms with Crippen LogP contribution >= 0.6 is 0 Å². The Morgan fingerprint density at radius 3 is 2.69 bits per heavy atom. The molecule has 1 saturated carbocycles. The molecule has 0 spiro atoms. The van der Waals surface area contributed by atoms with E-state index >= 15 is 0 Å². The highest BCUT2D eigenvalue weighted by Gasteiger charge is 2.27. The predicted molar refractivity (Wildman–Crippen MR) is 101 cm³/mol. The number of ether oxygens (including phenoxy) is 1. The molecule has 26 heavy (non-hydrogen) atoms. The van der Waals surface area contributed by atoms with Crippen molar-refractivity contribution >= 4 is 23.2 Å². The van der Waals surface area contributed by atoms with Crippen molar-refractivity contribution in [1.29, 1.82) is 0 Å². The van der Waals surface area contributed by atoms with Crippen molar-refractivity contribution in [2.24, 2.45) is 11.7 Å². The molecule has 7 heteroatoms. The normalized spacial score (nSPS) is 19.3. The van der Waals surface area contributed by atoms with E-state index in [0.29, 0.717) is 24.8 Å². The fourth-order valence-electron chi connectivity index (χ4n) is 3.44. The molecule has 2 amide bonds. The number of hydrogen-bond donors (Lipinski definition) is 2. The van der Waals surface area contributed by atoms with Crippen LogP contribution < -0.4 is 16.0 Å². The summed E-state index contributed by atoms with van der Waals surface area (Å²) in [6.45, 7) is 2.40. The number of benzene rings is 1. The molecule has 1 atom stereocenters. The summed E-state index contributed by atoms with van der Waals surface area (Å²) < 4.78 is 5.15. The van der Waals surface area contributed by atoms with Gasteiger partial charge >= 0.3 is 0 Å². The van der Waals surface area contributed by atoms with Gasteiger partial charge in [-0.3, -0.25) is 14.5 Å². The highest BCUT2D eigenvalue weighted by atomic mass is 16.5. The number of carbonyl (C=O) groups excluding carboxylic acids is 2. The third-order valence-corrected chi connectivity index (χ3v) is 5.26. The van der Waals surface area contributed by atoms with Crippen molar-refractivity contribution in [3.63, 3.8) is 0 Å². The fraction of sp³-hybridized carbons (Fsp3) is 0.579. The number of likely N-dealkylation sites (N-methyl/N-ethyl adjacent to an activating group) is 1. The van der Waals surface area contributed by atoms with Crippen molar-refractivity contribution in [1.82, 2.24) is 4.90 Å². The van der Waals surface area contributed by atoms with E-state index in [1.54, 1.807) is 4.90 Å². The molecule has 1 aromatic carbocycles. The van der Waals surface area contributed by atoms with Crippen LogP contribution in [0.5, 0.6) is 0 Å². The lowest BCUT2D eigenvalue weighted by Gasteiger charge is -2.33. The van der Waals surface area contributed by atoms with Crippen molar-refractivity contribution in [3.8, 4) is 0 Å². The summed E-state index contributed by atoms with van der Waals surface area (Å²) in [5.41, 5.74) is 7.36. The highest BCUT2D eigenvalue weighted by Crippen LogP contribution is 2.27. The van der Waals surface area contributed by atoms with Gasteiger partial charge in [0.05, 0.1) is 6.61 Å². The summed E-state index contributed by atoms with van der Waals surface area (Å²) in [5, 5.41) is 2.94. The number of carbonyl (C=O) groups is 2. The van der Waals surface area contributed by atoms with Gasteiger partial charge in [-0.25, -0.2) is 0 Å². The number of nitrogens with one attached hydrogen (secondary N) is 1. The SMILES string of the molecule is CN(CC1CCC1)[C@H](CN)C(=O)Nc1ccc(N2CCOCC2=O)cc1. The van der Waals surface area contributed by atoms with Gasteiger partial charge in [0.25, 0.3) is 5.91 Å². The Morgan fingerprint density at radius 1 is 1.38 bits per heavy atom. The zero-order valence-corrected chi connectivity index (χ0v) is 15.3. The van der Waals surface area contributed by atoms with E-state index in [0.717, 1.165) is 12.2 Å². The van der Waals surface area contributed by atoms with Crippen LogP contribution in [0.15, 0.2) is 24.3 Å². The van der Waals surface area contributed by atoms with E-state index in [1.807, 2.05) is 31.3 Å². The Morgan fingerprint density at radius 2 is 2.12 bits per heavy atom. The minimum absolute atomic E-state index is 0.0474. The Hall–Kier alpha value is -1.96. The number of amides is 2. The zero-order chi connectivity index (χ0) is 18.5. The second-order valence-electron chi connectivity index (χ2n) is 7.12. The van der Waals surface area contributed by atoms with Gasteiger partial charge in [-0.1, -0.05) is 6.42 Å². The first-order chi connectivity index (χ1) is 12.6. The quantitative estimate of drug-likeness (QED) is 0.759. The molecule has 0 aromatic heterocycles. The van der Waals surface area contributed by atoms with E-state index in [2.05, 4.69) is 10.2 Å². The average Bonchev–Trinajstić information content (AvgIpc) is 2.60. The van der Waals surface area contributed by atoms with Crippen LogP contribution in [0.1, 0.15) is 19.3 Å². The van der Waals surface area contributed by atoms with Crippen molar-refractivity contribution in [2.45, 2.75) is 25.3 Å². The lowest BCUT2D eigenvalue weighted by Crippen LogP contribution is -2.48. The molecule has 7 nitrogen and oxygen atoms in total. The smallest absolute Gasteiger partial charge is 0.253 e. The molecular weight excluding hydrogens is 332 g/mol. The number of nitrogens with zero attached hydrogens (tertiary/aromatic N) is 2. The van der Waals surface area contributed by atoms with E-state index in [9.17, 15) is 9.59 Å². The van der Waals surface area contributed by atoms with Crippen LogP contribution in [0.4, 0.5) is 11.4 Å². The van der Waals surface area contributed by atoms with Crippen molar-refractivity contribution in [3.05, 3.63) is 24.3 Å². The third kappa shape index (κ3) is 4.41. The first-order valence-corrected chi connectivity index (χ1v) is 9.28. The Bertz CT molecular complexity index is 630. The molecule has 1 aromatic rings. The molecule has 1 saturated heterocycles. The van der Waals surface area contributed by atoms with Crippen LogP contribution in [-0.4, -0.2) is 62.7 Å². The summed E-state index contributed by atoms with van der Waals surface area (Å²) in [6.07, 6.45) is 3.77. The summed E-state index contributed by atoms with van der Waals surface area (Å²) in [5.74, 6) is 0.547. The van der Waals surface area contributed by atoms with Crippen LogP contribution in [0, 0.1) is 5.92 Å². The molecule has 1 aliphatic heterocycles. The summed E-state index contributed by atoms with van der Waals surface area (Å²) >= 11 is 0. The second-order valence-corrected chi connectivity index (χ2v) is 7.12.